The maximum Gasteiger partial charge on any atom is 0.328 e. The SMILES string of the molecule is CCCNc1cc(-n2c(-c3cncn3C)nc3cc(-c4cnn(C)c4)c(F)cc32)cc2c1n(C)c(=O)n2C. The van der Waals surface area contributed by atoms with Crippen LogP contribution in [0.15, 0.2) is 54.0 Å². The predicted octanol–water partition coefficient (Wildman–Crippen LogP) is 3.98. The number of hydrogen-bond donors (Lipinski definition) is 1. The van der Waals surface area contributed by atoms with Crippen molar-refractivity contribution in [2.75, 3.05) is 11.9 Å². The highest BCUT2D eigenvalue weighted by Gasteiger charge is 2.22. The summed E-state index contributed by atoms with van der Waals surface area (Å²) < 4.78 is 24.3. The monoisotopic (exact) mass is 513 g/mol. The van der Waals surface area contributed by atoms with E-state index in [0.717, 1.165) is 41.1 Å². The standard InChI is InChI=1S/C27H28FN9O/c1-6-7-30-21-8-17(9-23-25(21)36(5)27(38)35(23)4)37-22-11-19(28)18(16-12-31-34(3)14-16)10-20(22)32-26(37)24-13-29-15-33(24)2/h8-15,30H,6-7H2,1-5H3. The molecule has 0 aliphatic rings. The van der Waals surface area contributed by atoms with Crippen molar-refractivity contribution >= 4 is 27.8 Å². The van der Waals surface area contributed by atoms with Gasteiger partial charge in [0, 0.05) is 58.1 Å². The fourth-order valence-corrected chi connectivity index (χ4v) is 5.05. The average molecular weight is 514 g/mol. The Morgan fingerprint density at radius 3 is 2.50 bits per heavy atom. The largest absolute Gasteiger partial charge is 0.383 e. The van der Waals surface area contributed by atoms with E-state index in [2.05, 4.69) is 22.3 Å². The molecule has 0 radical (unpaired) electrons. The van der Waals surface area contributed by atoms with Gasteiger partial charge in [0.15, 0.2) is 5.82 Å². The third-order valence-corrected chi connectivity index (χ3v) is 6.97. The molecule has 2 aromatic carbocycles. The van der Waals surface area contributed by atoms with Crippen LogP contribution in [0.5, 0.6) is 0 Å². The van der Waals surface area contributed by atoms with Gasteiger partial charge in [-0.2, -0.15) is 5.10 Å². The summed E-state index contributed by atoms with van der Waals surface area (Å²) in [6.07, 6.45) is 7.78. The van der Waals surface area contributed by atoms with Crippen LogP contribution in [0.3, 0.4) is 0 Å². The van der Waals surface area contributed by atoms with E-state index in [1.165, 1.54) is 6.07 Å². The first-order chi connectivity index (χ1) is 18.3. The summed E-state index contributed by atoms with van der Waals surface area (Å²) in [6.45, 7) is 2.83. The number of fused-ring (bicyclic) bond motifs is 2. The second-order valence-electron chi connectivity index (χ2n) is 9.57. The van der Waals surface area contributed by atoms with Crippen LogP contribution in [0.25, 0.3) is 50.4 Å². The van der Waals surface area contributed by atoms with E-state index >= 15 is 4.39 Å². The van der Waals surface area contributed by atoms with E-state index in [4.69, 9.17) is 4.98 Å². The molecule has 0 fully saturated rings. The molecule has 0 bridgehead atoms. The van der Waals surface area contributed by atoms with Crippen LogP contribution in [-0.2, 0) is 28.2 Å². The summed E-state index contributed by atoms with van der Waals surface area (Å²) >= 11 is 0. The molecule has 0 spiro atoms. The molecule has 0 aliphatic heterocycles. The minimum atomic E-state index is -0.374. The van der Waals surface area contributed by atoms with Gasteiger partial charge in [-0.1, -0.05) is 6.92 Å². The summed E-state index contributed by atoms with van der Waals surface area (Å²) in [5, 5.41) is 7.66. The minimum Gasteiger partial charge on any atom is -0.383 e. The first-order valence-corrected chi connectivity index (χ1v) is 12.4. The quantitative estimate of drug-likeness (QED) is 0.364. The number of hydrogen-bond acceptors (Lipinski definition) is 5. The van der Waals surface area contributed by atoms with Crippen LogP contribution in [0, 0.1) is 5.82 Å². The van der Waals surface area contributed by atoms with Gasteiger partial charge in [-0.25, -0.2) is 19.2 Å². The molecule has 6 aromatic rings. The number of benzene rings is 2. The van der Waals surface area contributed by atoms with E-state index in [1.807, 2.05) is 28.3 Å². The maximum absolute atomic E-state index is 15.6. The highest BCUT2D eigenvalue weighted by Crippen LogP contribution is 2.35. The van der Waals surface area contributed by atoms with Crippen molar-refractivity contribution in [3.8, 4) is 28.3 Å². The lowest BCUT2D eigenvalue weighted by Crippen LogP contribution is -2.19. The number of anilines is 1. The van der Waals surface area contributed by atoms with Crippen molar-refractivity contribution < 1.29 is 4.39 Å². The highest BCUT2D eigenvalue weighted by molar-refractivity contribution is 5.93. The van der Waals surface area contributed by atoms with Gasteiger partial charge in [-0.3, -0.25) is 18.4 Å². The Labute approximate surface area is 217 Å². The minimum absolute atomic E-state index is 0.119. The lowest BCUT2D eigenvalue weighted by atomic mass is 10.1. The van der Waals surface area contributed by atoms with Crippen molar-refractivity contribution in [2.45, 2.75) is 13.3 Å². The van der Waals surface area contributed by atoms with Crippen LogP contribution >= 0.6 is 0 Å². The number of imidazole rings is 3. The van der Waals surface area contributed by atoms with Crippen LogP contribution in [-0.4, -0.2) is 44.6 Å². The van der Waals surface area contributed by atoms with Crippen LogP contribution in [0.4, 0.5) is 10.1 Å². The Morgan fingerprint density at radius 2 is 1.82 bits per heavy atom. The Kier molecular flexibility index (Phi) is 5.44. The van der Waals surface area contributed by atoms with Gasteiger partial charge >= 0.3 is 5.69 Å². The van der Waals surface area contributed by atoms with Crippen LogP contribution in [0.1, 0.15) is 13.3 Å². The molecule has 0 saturated heterocycles. The second-order valence-corrected chi connectivity index (χ2v) is 9.57. The average Bonchev–Trinajstić information content (AvgIpc) is 3.66. The zero-order valence-electron chi connectivity index (χ0n) is 21.9. The predicted molar refractivity (Wildman–Crippen MR) is 146 cm³/mol. The molecule has 4 aromatic heterocycles. The van der Waals surface area contributed by atoms with E-state index in [1.54, 1.807) is 65.9 Å². The summed E-state index contributed by atoms with van der Waals surface area (Å²) in [5.74, 6) is 0.241. The van der Waals surface area contributed by atoms with Crippen LogP contribution in [0.2, 0.25) is 0 Å². The van der Waals surface area contributed by atoms with Crippen LogP contribution < -0.4 is 11.0 Å². The Balaban J connectivity index is 1.68. The molecular formula is C27H28FN9O. The number of nitrogens with zero attached hydrogens (tertiary/aromatic N) is 8. The maximum atomic E-state index is 15.6. The molecule has 10 nitrogen and oxygen atoms in total. The molecule has 6 rings (SSSR count). The fourth-order valence-electron chi connectivity index (χ4n) is 5.05. The summed E-state index contributed by atoms with van der Waals surface area (Å²) in [6, 6.07) is 7.20. The lowest BCUT2D eigenvalue weighted by molar-refractivity contribution is 0.632. The molecule has 0 amide bonds. The summed E-state index contributed by atoms with van der Waals surface area (Å²) in [4.78, 5) is 22.1. The first-order valence-electron chi connectivity index (χ1n) is 12.4. The third kappa shape index (κ3) is 3.53. The zero-order chi connectivity index (χ0) is 26.7. The molecule has 38 heavy (non-hydrogen) atoms. The van der Waals surface area contributed by atoms with E-state index < -0.39 is 0 Å². The topological polar surface area (TPSA) is 92.4 Å². The molecule has 11 heteroatoms. The lowest BCUT2D eigenvalue weighted by Gasteiger charge is -2.15. The highest BCUT2D eigenvalue weighted by atomic mass is 19.1. The smallest absolute Gasteiger partial charge is 0.328 e. The summed E-state index contributed by atoms with van der Waals surface area (Å²) in [5.41, 5.74) is 6.15. The van der Waals surface area contributed by atoms with E-state index in [0.29, 0.717) is 28.0 Å². The van der Waals surface area contributed by atoms with Gasteiger partial charge in [-0.05, 0) is 24.6 Å². The molecule has 0 aliphatic carbocycles. The van der Waals surface area contributed by atoms with E-state index in [9.17, 15) is 4.79 Å². The number of halogens is 1. The van der Waals surface area contributed by atoms with Gasteiger partial charge in [0.2, 0.25) is 0 Å². The Bertz CT molecular complexity index is 1900. The third-order valence-electron chi connectivity index (χ3n) is 6.97. The molecule has 0 atom stereocenters. The Hall–Kier alpha value is -4.67. The molecular weight excluding hydrogens is 485 g/mol. The number of rotatable bonds is 6. The molecule has 4 heterocycles. The summed E-state index contributed by atoms with van der Waals surface area (Å²) in [7, 11) is 7.22. The Morgan fingerprint density at radius 1 is 1.00 bits per heavy atom. The number of aryl methyl sites for hydroxylation is 4. The second kappa shape index (κ2) is 8.72. The number of nitrogens with one attached hydrogen (secondary N) is 1. The zero-order valence-corrected chi connectivity index (χ0v) is 21.9. The van der Waals surface area contributed by atoms with E-state index in [-0.39, 0.29) is 11.5 Å². The van der Waals surface area contributed by atoms with Crippen molar-refractivity contribution in [3.63, 3.8) is 0 Å². The van der Waals surface area contributed by atoms with Gasteiger partial charge < -0.3 is 9.88 Å². The normalized spacial score (nSPS) is 11.7. The molecule has 0 unspecified atom stereocenters. The van der Waals surface area contributed by atoms with Crippen molar-refractivity contribution in [1.82, 2.24) is 38.0 Å². The number of aromatic nitrogens is 8. The van der Waals surface area contributed by atoms with Gasteiger partial charge in [0.1, 0.15) is 11.5 Å². The van der Waals surface area contributed by atoms with Gasteiger partial charge in [0.05, 0.1) is 52.2 Å². The first kappa shape index (κ1) is 23.7. The van der Waals surface area contributed by atoms with Gasteiger partial charge in [0.25, 0.3) is 0 Å². The fraction of sp³-hybridized carbons (Fsp3) is 0.259. The van der Waals surface area contributed by atoms with Crippen molar-refractivity contribution in [1.29, 1.82) is 0 Å². The van der Waals surface area contributed by atoms with Crippen molar-refractivity contribution in [2.24, 2.45) is 28.2 Å². The molecule has 1 N–H and O–H groups in total. The molecule has 194 valence electrons. The van der Waals surface area contributed by atoms with Crippen molar-refractivity contribution in [3.05, 3.63) is 65.5 Å². The van der Waals surface area contributed by atoms with Gasteiger partial charge in [-0.15, -0.1) is 0 Å². The molecule has 0 saturated carbocycles.